The van der Waals surface area contributed by atoms with E-state index in [2.05, 4.69) is 10.7 Å². The Morgan fingerprint density at radius 1 is 1.11 bits per heavy atom. The summed E-state index contributed by atoms with van der Waals surface area (Å²) < 4.78 is 22.7. The second-order valence-corrected chi connectivity index (χ2v) is 9.53. The molecule has 0 spiro atoms. The fourth-order valence-corrected chi connectivity index (χ4v) is 5.20. The number of carbonyl (C=O) groups is 1. The van der Waals surface area contributed by atoms with E-state index in [0.717, 1.165) is 56.0 Å². The summed E-state index contributed by atoms with van der Waals surface area (Å²) in [6.45, 7) is 3.66. The summed E-state index contributed by atoms with van der Waals surface area (Å²) in [4.78, 5) is 38.6. The first-order chi connectivity index (χ1) is 16.9. The highest BCUT2D eigenvalue weighted by molar-refractivity contribution is 5.87. The minimum absolute atomic E-state index is 0.0524. The van der Waals surface area contributed by atoms with Gasteiger partial charge in [0.05, 0.1) is 29.7 Å². The van der Waals surface area contributed by atoms with Crippen LogP contribution in [0.1, 0.15) is 77.7 Å². The molecule has 8 nitrogen and oxygen atoms in total. The van der Waals surface area contributed by atoms with Crippen LogP contribution in [0.5, 0.6) is 0 Å². The molecule has 0 atom stereocenters. The van der Waals surface area contributed by atoms with E-state index in [1.165, 1.54) is 12.5 Å². The predicted octanol–water partition coefficient (Wildman–Crippen LogP) is 4.21. The monoisotopic (exact) mass is 486 g/mol. The van der Waals surface area contributed by atoms with Crippen LogP contribution < -0.4 is 22.0 Å². The first kappa shape index (κ1) is 25.0. The molecular formula is C26H35FN4O4. The van der Waals surface area contributed by atoms with Crippen molar-refractivity contribution < 1.29 is 13.9 Å². The average Bonchev–Trinajstić information content (AvgIpc) is 3.37. The first-order valence-electron chi connectivity index (χ1n) is 12.8. The predicted molar refractivity (Wildman–Crippen MR) is 135 cm³/mol. The van der Waals surface area contributed by atoms with Gasteiger partial charge in [0.15, 0.2) is 0 Å². The number of fused-ring (bicyclic) bond motifs is 1. The summed E-state index contributed by atoms with van der Waals surface area (Å²) in [5.74, 6) is -0.954. The molecule has 0 amide bonds. The number of hydrogen-bond donors (Lipinski definition) is 2. The van der Waals surface area contributed by atoms with Crippen molar-refractivity contribution in [2.45, 2.75) is 83.7 Å². The zero-order valence-corrected chi connectivity index (χ0v) is 20.6. The van der Waals surface area contributed by atoms with Crippen LogP contribution in [-0.2, 0) is 9.53 Å². The number of halogens is 1. The van der Waals surface area contributed by atoms with Gasteiger partial charge in [-0.1, -0.05) is 38.2 Å². The van der Waals surface area contributed by atoms with Crippen molar-refractivity contribution in [1.82, 2.24) is 9.24 Å². The number of aromatic nitrogens is 2. The molecule has 2 saturated carbocycles. The first-order valence-corrected chi connectivity index (χ1v) is 12.8. The Bertz CT molecular complexity index is 1220. The Kier molecular flexibility index (Phi) is 7.93. The van der Waals surface area contributed by atoms with Crippen LogP contribution in [0.2, 0.25) is 0 Å². The van der Waals surface area contributed by atoms with E-state index in [-0.39, 0.29) is 30.6 Å². The molecule has 2 aromatic rings. The minimum atomic E-state index is -0.607. The molecule has 2 aliphatic carbocycles. The molecule has 0 aliphatic heterocycles. The van der Waals surface area contributed by atoms with Gasteiger partial charge in [0.25, 0.3) is 5.56 Å². The summed E-state index contributed by atoms with van der Waals surface area (Å²) in [6, 6.07) is 3.02. The van der Waals surface area contributed by atoms with E-state index >= 15 is 4.39 Å². The molecule has 35 heavy (non-hydrogen) atoms. The number of nitrogens with one attached hydrogen (secondary N) is 2. The number of rotatable bonds is 8. The van der Waals surface area contributed by atoms with Crippen LogP contribution in [0.15, 0.2) is 33.4 Å². The lowest BCUT2D eigenvalue weighted by atomic mass is 9.95. The highest BCUT2D eigenvalue weighted by atomic mass is 19.1. The van der Waals surface area contributed by atoms with Gasteiger partial charge in [-0.05, 0) is 51.7 Å². The Morgan fingerprint density at radius 2 is 1.80 bits per heavy atom. The van der Waals surface area contributed by atoms with Gasteiger partial charge in [-0.2, -0.15) is 4.68 Å². The summed E-state index contributed by atoms with van der Waals surface area (Å²) in [6.07, 6.45) is 10.6. The molecule has 0 unspecified atom stereocenters. The van der Waals surface area contributed by atoms with Crippen molar-refractivity contribution in [3.05, 3.63) is 50.4 Å². The van der Waals surface area contributed by atoms with Crippen molar-refractivity contribution in [2.24, 2.45) is 0 Å². The summed E-state index contributed by atoms with van der Waals surface area (Å²) in [7, 11) is 0. The fraction of sp³-hybridized carbons (Fsp3) is 0.577. The normalized spacial score (nSPS) is 17.6. The lowest BCUT2D eigenvalue weighted by Crippen LogP contribution is -2.46. The van der Waals surface area contributed by atoms with Crippen LogP contribution in [-0.4, -0.2) is 34.4 Å². The van der Waals surface area contributed by atoms with Crippen LogP contribution in [0.25, 0.3) is 10.9 Å². The standard InChI is InChI=1S/C26H35FN4O4/c1-3-35-25(33)17(2)13-14-28-31-24(32)20-15-21(27)22(29-18-9-5-4-6-10-18)16-23(20)30(26(31)34)19-11-7-8-12-19/h13,15-16,18-19,28-29H,3-12,14H2,1-2H3/b17-13+. The van der Waals surface area contributed by atoms with E-state index < -0.39 is 23.0 Å². The number of ether oxygens (including phenoxy) is 1. The molecule has 4 rings (SSSR count). The van der Waals surface area contributed by atoms with Crippen molar-refractivity contribution in [1.29, 1.82) is 0 Å². The molecule has 0 saturated heterocycles. The summed E-state index contributed by atoms with van der Waals surface area (Å²) >= 11 is 0. The molecule has 9 heteroatoms. The SMILES string of the molecule is CCOC(=O)/C(C)=C/CNn1c(=O)c2cc(F)c(NC3CCCCC3)cc2n(C2CCCC2)c1=O. The van der Waals surface area contributed by atoms with Gasteiger partial charge in [-0.3, -0.25) is 9.36 Å². The quantitative estimate of drug-likeness (QED) is 0.429. The van der Waals surface area contributed by atoms with E-state index in [0.29, 0.717) is 16.8 Å². The highest BCUT2D eigenvalue weighted by Gasteiger charge is 2.25. The number of benzene rings is 1. The van der Waals surface area contributed by atoms with Crippen LogP contribution in [0.3, 0.4) is 0 Å². The Morgan fingerprint density at radius 3 is 2.49 bits per heavy atom. The third-order valence-electron chi connectivity index (χ3n) is 7.09. The zero-order valence-electron chi connectivity index (χ0n) is 20.6. The van der Waals surface area contributed by atoms with E-state index in [9.17, 15) is 14.4 Å². The molecule has 1 heterocycles. The Balaban J connectivity index is 1.74. The molecule has 0 bridgehead atoms. The van der Waals surface area contributed by atoms with Crippen molar-refractivity contribution in [2.75, 3.05) is 23.9 Å². The van der Waals surface area contributed by atoms with Gasteiger partial charge >= 0.3 is 11.7 Å². The maximum Gasteiger partial charge on any atom is 0.350 e. The highest BCUT2D eigenvalue weighted by Crippen LogP contribution is 2.32. The van der Waals surface area contributed by atoms with E-state index in [4.69, 9.17) is 4.74 Å². The Hall–Kier alpha value is -3.10. The minimum Gasteiger partial charge on any atom is -0.463 e. The molecule has 2 aliphatic rings. The number of hydrogen-bond acceptors (Lipinski definition) is 6. The van der Waals surface area contributed by atoms with Crippen LogP contribution in [0.4, 0.5) is 10.1 Å². The summed E-state index contributed by atoms with van der Waals surface area (Å²) in [5, 5.41) is 3.47. The molecule has 0 radical (unpaired) electrons. The third kappa shape index (κ3) is 5.44. The second kappa shape index (κ2) is 11.1. The van der Waals surface area contributed by atoms with Gasteiger partial charge in [-0.15, -0.1) is 0 Å². The number of nitrogens with zero attached hydrogens (tertiary/aromatic N) is 2. The number of carbonyl (C=O) groups excluding carboxylic acids is 1. The zero-order chi connectivity index (χ0) is 24.9. The Labute approximate surface area is 204 Å². The van der Waals surface area contributed by atoms with Gasteiger partial charge in [0.2, 0.25) is 0 Å². The van der Waals surface area contributed by atoms with Gasteiger partial charge in [0.1, 0.15) is 5.82 Å². The van der Waals surface area contributed by atoms with Gasteiger partial charge in [0, 0.05) is 17.7 Å². The van der Waals surface area contributed by atoms with Crippen LogP contribution >= 0.6 is 0 Å². The fourth-order valence-electron chi connectivity index (χ4n) is 5.20. The maximum atomic E-state index is 15.1. The van der Waals surface area contributed by atoms with Crippen molar-refractivity contribution in [3.8, 4) is 0 Å². The lowest BCUT2D eigenvalue weighted by molar-refractivity contribution is -0.138. The molecule has 1 aromatic carbocycles. The lowest BCUT2D eigenvalue weighted by Gasteiger charge is -2.25. The van der Waals surface area contributed by atoms with Gasteiger partial charge in [-0.25, -0.2) is 14.0 Å². The van der Waals surface area contributed by atoms with Crippen molar-refractivity contribution in [3.63, 3.8) is 0 Å². The molecule has 2 fully saturated rings. The second-order valence-electron chi connectivity index (χ2n) is 9.53. The largest absolute Gasteiger partial charge is 0.463 e. The molecule has 190 valence electrons. The molecule has 2 N–H and O–H groups in total. The van der Waals surface area contributed by atoms with E-state index in [1.807, 2.05) is 0 Å². The average molecular weight is 487 g/mol. The smallest absolute Gasteiger partial charge is 0.350 e. The van der Waals surface area contributed by atoms with E-state index in [1.54, 1.807) is 30.6 Å². The van der Waals surface area contributed by atoms with Crippen LogP contribution in [0, 0.1) is 5.82 Å². The maximum absolute atomic E-state index is 15.1. The molecular weight excluding hydrogens is 451 g/mol. The van der Waals surface area contributed by atoms with Crippen molar-refractivity contribution >= 4 is 22.6 Å². The third-order valence-corrected chi connectivity index (χ3v) is 7.09. The summed E-state index contributed by atoms with van der Waals surface area (Å²) in [5.41, 5.74) is 2.90. The number of esters is 1. The number of anilines is 1. The topological polar surface area (TPSA) is 94.4 Å². The molecule has 1 aromatic heterocycles. The van der Waals surface area contributed by atoms with Gasteiger partial charge < -0.3 is 15.5 Å².